The molecule has 0 aromatic rings. The Labute approximate surface area is 666 Å². The Balaban J connectivity index is 5.48. The minimum absolute atomic E-state index is 0.0277. The minimum atomic E-state index is -5.01. The van der Waals surface area contributed by atoms with Crippen LogP contribution in [0.15, 0.2) is 182 Å². The molecular formula is C91H148O17P2. The molecule has 0 spiro atoms. The van der Waals surface area contributed by atoms with Crippen molar-refractivity contribution in [2.75, 3.05) is 39.6 Å². The Bertz CT molecular complexity index is 2800. The number of carbonyl (C=O) groups is 4. The minimum Gasteiger partial charge on any atom is -0.462 e. The van der Waals surface area contributed by atoms with E-state index in [4.69, 9.17) is 37.0 Å². The largest absolute Gasteiger partial charge is 0.472 e. The molecule has 0 aliphatic carbocycles. The lowest BCUT2D eigenvalue weighted by Gasteiger charge is -2.21. The van der Waals surface area contributed by atoms with Crippen LogP contribution in [0.25, 0.3) is 0 Å². The zero-order chi connectivity index (χ0) is 80.3. The van der Waals surface area contributed by atoms with Crippen LogP contribution in [0.5, 0.6) is 0 Å². The summed E-state index contributed by atoms with van der Waals surface area (Å²) in [5.74, 6) is -2.31. The van der Waals surface area contributed by atoms with E-state index in [1.807, 2.05) is 18.2 Å². The number of rotatable bonds is 77. The van der Waals surface area contributed by atoms with Gasteiger partial charge in [-0.25, -0.2) is 9.13 Å². The van der Waals surface area contributed by atoms with Crippen molar-refractivity contribution in [1.82, 2.24) is 0 Å². The summed E-state index contributed by atoms with van der Waals surface area (Å²) in [6.45, 7) is 4.32. The number of hydrogen-bond acceptors (Lipinski definition) is 15. The molecule has 0 aromatic carbocycles. The van der Waals surface area contributed by atoms with E-state index < -0.39 is 97.5 Å². The second-order valence-corrected chi connectivity index (χ2v) is 30.1. The maximum absolute atomic E-state index is 13.1. The Morgan fingerprint density at radius 2 is 0.464 bits per heavy atom. The number of allylic oxidation sites excluding steroid dienone is 30. The summed E-state index contributed by atoms with van der Waals surface area (Å²) in [6, 6.07) is 0. The summed E-state index contributed by atoms with van der Waals surface area (Å²) < 4.78 is 68.7. The fraction of sp³-hybridized carbons (Fsp3) is 0.626. The molecule has 624 valence electrons. The number of aliphatic hydroxyl groups excluding tert-OH is 1. The zero-order valence-electron chi connectivity index (χ0n) is 68.4. The first-order chi connectivity index (χ1) is 53.7. The topological polar surface area (TPSA) is 237 Å². The van der Waals surface area contributed by atoms with Crippen LogP contribution in [0.4, 0.5) is 0 Å². The van der Waals surface area contributed by atoms with Crippen LogP contribution >= 0.6 is 15.6 Å². The summed E-state index contributed by atoms with van der Waals surface area (Å²) in [6.07, 6.45) is 98.7. The van der Waals surface area contributed by atoms with Crippen molar-refractivity contribution >= 4 is 39.5 Å². The first-order valence-electron chi connectivity index (χ1n) is 42.0. The molecule has 110 heavy (non-hydrogen) atoms. The van der Waals surface area contributed by atoms with Crippen LogP contribution in [0.1, 0.15) is 310 Å². The molecule has 5 atom stereocenters. The predicted octanol–water partition coefficient (Wildman–Crippen LogP) is 25.1. The molecule has 0 heterocycles. The van der Waals surface area contributed by atoms with Gasteiger partial charge in [0.25, 0.3) is 0 Å². The molecular weight excluding hydrogens is 1430 g/mol. The van der Waals surface area contributed by atoms with Crippen LogP contribution in [0, 0.1) is 0 Å². The first-order valence-corrected chi connectivity index (χ1v) is 45.0. The number of carbonyl (C=O) groups excluding carboxylic acids is 4. The van der Waals surface area contributed by atoms with E-state index in [2.05, 4.69) is 192 Å². The maximum Gasteiger partial charge on any atom is 0.472 e. The van der Waals surface area contributed by atoms with Crippen LogP contribution in [0.2, 0.25) is 0 Å². The molecule has 0 fully saturated rings. The Morgan fingerprint density at radius 1 is 0.255 bits per heavy atom. The highest BCUT2D eigenvalue weighted by atomic mass is 31.2. The van der Waals surface area contributed by atoms with Crippen LogP contribution in [-0.4, -0.2) is 96.7 Å². The quantitative estimate of drug-likeness (QED) is 0.0169. The fourth-order valence-electron chi connectivity index (χ4n) is 10.6. The van der Waals surface area contributed by atoms with Crippen molar-refractivity contribution in [3.05, 3.63) is 182 Å². The normalized spacial score (nSPS) is 14.7. The Kier molecular flexibility index (Phi) is 76.9. The maximum atomic E-state index is 13.1. The van der Waals surface area contributed by atoms with E-state index in [-0.39, 0.29) is 25.7 Å². The molecule has 0 saturated heterocycles. The molecule has 0 saturated carbocycles. The van der Waals surface area contributed by atoms with Gasteiger partial charge in [0.1, 0.15) is 19.3 Å². The molecule has 0 aliphatic heterocycles. The summed E-state index contributed by atoms with van der Waals surface area (Å²) in [5, 5.41) is 10.7. The van der Waals surface area contributed by atoms with Gasteiger partial charge >= 0.3 is 39.5 Å². The second-order valence-electron chi connectivity index (χ2n) is 27.2. The molecule has 0 aromatic heterocycles. The number of unbranched alkanes of at least 4 members (excludes halogenated alkanes) is 21. The average Bonchev–Trinajstić information content (AvgIpc) is 0.906. The van der Waals surface area contributed by atoms with Crippen LogP contribution in [-0.2, 0) is 65.4 Å². The monoisotopic (exact) mass is 1580 g/mol. The highest BCUT2D eigenvalue weighted by Gasteiger charge is 2.30. The van der Waals surface area contributed by atoms with Crippen molar-refractivity contribution in [1.29, 1.82) is 0 Å². The lowest BCUT2D eigenvalue weighted by molar-refractivity contribution is -0.161. The van der Waals surface area contributed by atoms with Crippen molar-refractivity contribution in [3.63, 3.8) is 0 Å². The number of phosphoric acid groups is 2. The van der Waals surface area contributed by atoms with Gasteiger partial charge < -0.3 is 33.8 Å². The summed E-state index contributed by atoms with van der Waals surface area (Å²) in [5.41, 5.74) is 0. The van der Waals surface area contributed by atoms with Gasteiger partial charge in [-0.2, -0.15) is 0 Å². The van der Waals surface area contributed by atoms with E-state index in [0.717, 1.165) is 225 Å². The van der Waals surface area contributed by atoms with Crippen molar-refractivity contribution in [2.24, 2.45) is 0 Å². The number of ether oxygens (including phenoxy) is 4. The molecule has 0 radical (unpaired) electrons. The molecule has 5 unspecified atom stereocenters. The SMILES string of the molecule is CC/C=C\C/C=C\C/C=C\C/C=C\C/C=C\C/C=C\CCC(=O)OCC(COP(=O)(O)OCC(O)COP(=O)(O)OCC(COC(=O)CCCCCCCCC/C=C\C/C=C\C/C=C\CC)OC(=O)CCCCCCCCC/C=C\C/C=C\C/C=C\CC)OC(=O)CCCCCCCCC/C=C\C/C=C\C/C=C\CC. The molecule has 0 bridgehead atoms. The average molecular weight is 1580 g/mol. The van der Waals surface area contributed by atoms with Crippen molar-refractivity contribution in [3.8, 4) is 0 Å². The molecule has 17 nitrogen and oxygen atoms in total. The summed E-state index contributed by atoms with van der Waals surface area (Å²) >= 11 is 0. The van der Waals surface area contributed by atoms with Crippen LogP contribution < -0.4 is 0 Å². The van der Waals surface area contributed by atoms with Gasteiger partial charge in [-0.15, -0.1) is 0 Å². The highest BCUT2D eigenvalue weighted by molar-refractivity contribution is 7.47. The van der Waals surface area contributed by atoms with Crippen LogP contribution in [0.3, 0.4) is 0 Å². The third-order valence-corrected chi connectivity index (χ3v) is 18.8. The second kappa shape index (κ2) is 81.2. The van der Waals surface area contributed by atoms with Gasteiger partial charge in [-0.3, -0.25) is 37.3 Å². The standard InChI is InChI=1S/C91H148O17P2/c1-5-9-13-17-21-25-29-33-37-41-42-46-48-52-56-60-64-68-72-76-89(94)102-82-87(108-91(96)78-74-70-66-62-58-54-50-45-40-36-32-28-24-20-16-12-8-4)84-106-110(99,100)104-80-85(92)79-103-109(97,98)105-83-86(107-90(95)77-73-69-65-61-57-53-49-44-39-35-31-27-23-19-15-11-7-3)81-101-88(93)75-71-67-63-59-55-51-47-43-38-34-30-26-22-18-14-10-6-2/h9-16,21-28,33-40,42,46,52,56,64,68,85-87,92H,5-8,17-20,29-32,41,43-45,47-51,53-55,57-63,65-67,69-84H2,1-4H3,(H,97,98)(H,99,100)/b13-9-,14-10-,15-11-,16-12-,25-21-,26-22-,27-23-,28-24-,37-33-,38-34-,39-35-,40-36-,46-42-,56-52-,68-64-. The molecule has 3 N–H and O–H groups in total. The summed E-state index contributed by atoms with van der Waals surface area (Å²) in [4.78, 5) is 73.2. The number of esters is 4. The predicted molar refractivity (Wildman–Crippen MR) is 454 cm³/mol. The third-order valence-electron chi connectivity index (χ3n) is 16.9. The van der Waals surface area contributed by atoms with E-state index in [1.165, 1.54) is 0 Å². The molecule has 0 rings (SSSR count). The van der Waals surface area contributed by atoms with Gasteiger partial charge in [0.05, 0.1) is 26.4 Å². The van der Waals surface area contributed by atoms with Gasteiger partial charge in [0, 0.05) is 25.7 Å². The van der Waals surface area contributed by atoms with E-state index in [1.54, 1.807) is 0 Å². The molecule has 0 amide bonds. The van der Waals surface area contributed by atoms with Gasteiger partial charge in [-0.05, 0) is 161 Å². The lowest BCUT2D eigenvalue weighted by atomic mass is 10.1. The smallest absolute Gasteiger partial charge is 0.462 e. The van der Waals surface area contributed by atoms with Gasteiger partial charge in [0.2, 0.25) is 0 Å². The first kappa shape index (κ1) is 104. The number of hydrogen-bond donors (Lipinski definition) is 3. The highest BCUT2D eigenvalue weighted by Crippen LogP contribution is 2.45. The molecule has 0 aliphatic rings. The molecule has 19 heteroatoms. The zero-order valence-corrected chi connectivity index (χ0v) is 70.1. The Morgan fingerprint density at radius 3 is 0.736 bits per heavy atom. The Hall–Kier alpha value is -5.84. The van der Waals surface area contributed by atoms with Gasteiger partial charge in [-0.1, -0.05) is 306 Å². The summed E-state index contributed by atoms with van der Waals surface area (Å²) in [7, 11) is -10.0. The van der Waals surface area contributed by atoms with Crippen molar-refractivity contribution < 1.29 is 80.2 Å². The van der Waals surface area contributed by atoms with E-state index >= 15 is 0 Å². The fourth-order valence-corrected chi connectivity index (χ4v) is 12.2. The van der Waals surface area contributed by atoms with E-state index in [0.29, 0.717) is 32.1 Å². The van der Waals surface area contributed by atoms with E-state index in [9.17, 15) is 43.2 Å². The van der Waals surface area contributed by atoms with Crippen molar-refractivity contribution in [2.45, 2.75) is 329 Å². The number of phosphoric ester groups is 2. The van der Waals surface area contributed by atoms with Gasteiger partial charge in [0.15, 0.2) is 12.2 Å². The lowest BCUT2D eigenvalue weighted by Crippen LogP contribution is -2.30. The number of aliphatic hydroxyl groups is 1. The third kappa shape index (κ3) is 80.2.